The van der Waals surface area contributed by atoms with Crippen LogP contribution >= 0.6 is 12.4 Å². The van der Waals surface area contributed by atoms with Gasteiger partial charge in [0.25, 0.3) is 0 Å². The van der Waals surface area contributed by atoms with E-state index in [1.807, 2.05) is 0 Å². The fraction of sp³-hybridized carbons (Fsp3) is 1.00. The Morgan fingerprint density at radius 2 is 2.18 bits per heavy atom. The summed E-state index contributed by atoms with van der Waals surface area (Å²) in [5.74, 6) is 0. The molecule has 0 saturated carbocycles. The second-order valence-corrected chi connectivity index (χ2v) is 3.23. The Hall–Kier alpha value is 0.140. The van der Waals surface area contributed by atoms with Crippen LogP contribution in [0.1, 0.15) is 12.8 Å². The Balaban J connectivity index is 0.000000605. The number of alkyl halides is 1. The van der Waals surface area contributed by atoms with E-state index < -0.39 is 6.17 Å². The zero-order valence-electron chi connectivity index (χ0n) is 6.31. The van der Waals surface area contributed by atoms with Crippen molar-refractivity contribution in [3.05, 3.63) is 0 Å². The van der Waals surface area contributed by atoms with Crippen LogP contribution in [0.3, 0.4) is 0 Å². The Labute approximate surface area is 71.9 Å². The van der Waals surface area contributed by atoms with Crippen LogP contribution in [0, 0.1) is 0 Å². The zero-order valence-corrected chi connectivity index (χ0v) is 7.12. The number of hydrogen-bond acceptors (Lipinski definition) is 2. The first kappa shape index (κ1) is 9.23. The van der Waals surface area contributed by atoms with Crippen molar-refractivity contribution in [1.82, 2.24) is 5.32 Å². The van der Waals surface area contributed by atoms with Gasteiger partial charge in [-0.25, -0.2) is 4.39 Å². The van der Waals surface area contributed by atoms with Crippen molar-refractivity contribution >= 4 is 12.4 Å². The largest absolute Gasteiger partial charge is 0.369 e. The molecule has 2 aliphatic rings. The molecule has 0 aromatic heterocycles. The summed E-state index contributed by atoms with van der Waals surface area (Å²) in [7, 11) is 0. The summed E-state index contributed by atoms with van der Waals surface area (Å²) in [5, 5.41) is 3.14. The van der Waals surface area contributed by atoms with Gasteiger partial charge in [0, 0.05) is 13.1 Å². The zero-order chi connectivity index (χ0) is 7.03. The van der Waals surface area contributed by atoms with Gasteiger partial charge < -0.3 is 10.1 Å². The minimum absolute atomic E-state index is 0. The van der Waals surface area contributed by atoms with E-state index in [4.69, 9.17) is 4.74 Å². The third-order valence-electron chi connectivity index (χ3n) is 2.38. The highest BCUT2D eigenvalue weighted by Gasteiger charge is 2.41. The maximum atomic E-state index is 12.5. The molecular formula is C7H13ClFNO. The highest BCUT2D eigenvalue weighted by molar-refractivity contribution is 5.85. The topological polar surface area (TPSA) is 21.3 Å². The molecule has 0 aromatic carbocycles. The molecule has 0 aromatic rings. The molecule has 2 saturated heterocycles. The van der Waals surface area contributed by atoms with Gasteiger partial charge in [0.2, 0.25) is 0 Å². The molecular weight excluding hydrogens is 169 g/mol. The summed E-state index contributed by atoms with van der Waals surface area (Å²) < 4.78 is 17.9. The van der Waals surface area contributed by atoms with Gasteiger partial charge in [-0.2, -0.15) is 0 Å². The van der Waals surface area contributed by atoms with Gasteiger partial charge in [-0.3, -0.25) is 0 Å². The number of rotatable bonds is 0. The van der Waals surface area contributed by atoms with Crippen molar-refractivity contribution in [3.63, 3.8) is 0 Å². The molecule has 2 heterocycles. The number of halogens is 2. The van der Waals surface area contributed by atoms with Gasteiger partial charge in [0.15, 0.2) is 0 Å². The van der Waals surface area contributed by atoms with Gasteiger partial charge in [0.05, 0.1) is 12.2 Å². The first-order chi connectivity index (χ1) is 4.81. The van der Waals surface area contributed by atoms with Crippen molar-refractivity contribution in [2.75, 3.05) is 19.7 Å². The van der Waals surface area contributed by atoms with Crippen LogP contribution in [0.15, 0.2) is 0 Å². The van der Waals surface area contributed by atoms with E-state index in [0.717, 1.165) is 19.5 Å². The predicted octanol–water partition coefficient (Wildman–Crippen LogP) is 0.899. The lowest BCUT2D eigenvalue weighted by Gasteiger charge is -2.45. The number of ether oxygens (including phenoxy) is 1. The van der Waals surface area contributed by atoms with Crippen LogP contribution in [0.25, 0.3) is 0 Å². The molecule has 1 spiro atoms. The molecule has 2 aliphatic heterocycles. The van der Waals surface area contributed by atoms with Crippen LogP contribution in [0.5, 0.6) is 0 Å². The molecule has 66 valence electrons. The molecule has 11 heavy (non-hydrogen) atoms. The van der Waals surface area contributed by atoms with Gasteiger partial charge in [-0.1, -0.05) is 0 Å². The second kappa shape index (κ2) is 3.25. The van der Waals surface area contributed by atoms with Gasteiger partial charge in [0.1, 0.15) is 6.17 Å². The normalized spacial score (nSPS) is 34.1. The van der Waals surface area contributed by atoms with Crippen LogP contribution in [-0.4, -0.2) is 31.5 Å². The molecule has 1 unspecified atom stereocenters. The minimum Gasteiger partial charge on any atom is -0.369 e. The summed E-state index contributed by atoms with van der Waals surface area (Å²) in [5.41, 5.74) is 0.0303. The van der Waals surface area contributed by atoms with Crippen LogP contribution in [0.4, 0.5) is 4.39 Å². The molecule has 1 N–H and O–H groups in total. The fourth-order valence-corrected chi connectivity index (χ4v) is 1.53. The van der Waals surface area contributed by atoms with Crippen molar-refractivity contribution in [1.29, 1.82) is 0 Å². The lowest BCUT2D eigenvalue weighted by atomic mass is 9.88. The minimum atomic E-state index is -0.716. The monoisotopic (exact) mass is 181 g/mol. The molecule has 2 fully saturated rings. The third kappa shape index (κ3) is 1.66. The summed E-state index contributed by atoms with van der Waals surface area (Å²) >= 11 is 0. The van der Waals surface area contributed by atoms with Gasteiger partial charge in [-0.15, -0.1) is 12.4 Å². The molecule has 2 rings (SSSR count). The lowest BCUT2D eigenvalue weighted by molar-refractivity contribution is -0.132. The number of nitrogens with one attached hydrogen (secondary N) is 1. The first-order valence-electron chi connectivity index (χ1n) is 3.80. The molecule has 0 amide bonds. The van der Waals surface area contributed by atoms with E-state index in [2.05, 4.69) is 5.32 Å². The summed E-state index contributed by atoms with van der Waals surface area (Å²) in [6.45, 7) is 2.14. The second-order valence-electron chi connectivity index (χ2n) is 3.23. The average Bonchev–Trinajstić information content (AvgIpc) is 1.86. The maximum absolute atomic E-state index is 12.5. The van der Waals surface area contributed by atoms with Crippen molar-refractivity contribution in [2.24, 2.45) is 0 Å². The van der Waals surface area contributed by atoms with E-state index in [1.165, 1.54) is 0 Å². The molecule has 1 atom stereocenters. The first-order valence-corrected chi connectivity index (χ1v) is 3.80. The van der Waals surface area contributed by atoms with E-state index in [-0.39, 0.29) is 18.0 Å². The molecule has 0 aliphatic carbocycles. The van der Waals surface area contributed by atoms with Crippen molar-refractivity contribution in [2.45, 2.75) is 24.6 Å². The average molecular weight is 182 g/mol. The molecule has 4 heteroatoms. The van der Waals surface area contributed by atoms with E-state index in [1.54, 1.807) is 0 Å². The molecule has 0 bridgehead atoms. The van der Waals surface area contributed by atoms with Crippen molar-refractivity contribution < 1.29 is 9.13 Å². The Morgan fingerprint density at radius 1 is 1.45 bits per heavy atom. The summed E-state index contributed by atoms with van der Waals surface area (Å²) in [4.78, 5) is 0. The van der Waals surface area contributed by atoms with Gasteiger partial charge in [-0.05, 0) is 12.8 Å². The highest BCUT2D eigenvalue weighted by Crippen LogP contribution is 2.29. The quantitative estimate of drug-likeness (QED) is 0.600. The van der Waals surface area contributed by atoms with E-state index >= 15 is 0 Å². The molecule has 0 radical (unpaired) electrons. The van der Waals surface area contributed by atoms with Crippen molar-refractivity contribution in [3.8, 4) is 0 Å². The molecule has 2 nitrogen and oxygen atoms in total. The SMILES string of the molecule is Cl.FC1CCC2(CNC2)OC1. The van der Waals surface area contributed by atoms with Gasteiger partial charge >= 0.3 is 0 Å². The van der Waals surface area contributed by atoms with Crippen LogP contribution in [-0.2, 0) is 4.74 Å². The van der Waals surface area contributed by atoms with E-state index in [9.17, 15) is 4.39 Å². The predicted molar refractivity (Wildman–Crippen MR) is 42.9 cm³/mol. The number of hydrogen-bond donors (Lipinski definition) is 1. The lowest BCUT2D eigenvalue weighted by Crippen LogP contribution is -2.63. The highest BCUT2D eigenvalue weighted by atomic mass is 35.5. The standard InChI is InChI=1S/C7H12FNO.ClH/c8-6-1-2-7(10-3-6)4-9-5-7;/h6,9H,1-5H2;1H. The fourth-order valence-electron chi connectivity index (χ4n) is 1.53. The third-order valence-corrected chi connectivity index (χ3v) is 2.38. The Kier molecular flexibility index (Phi) is 2.73. The van der Waals surface area contributed by atoms with Crippen LogP contribution in [0.2, 0.25) is 0 Å². The summed E-state index contributed by atoms with van der Waals surface area (Å²) in [6.07, 6.45) is 0.856. The smallest absolute Gasteiger partial charge is 0.123 e. The van der Waals surface area contributed by atoms with E-state index in [0.29, 0.717) is 13.0 Å². The Morgan fingerprint density at radius 3 is 2.55 bits per heavy atom. The Bertz CT molecular complexity index is 130. The van der Waals surface area contributed by atoms with Crippen LogP contribution < -0.4 is 5.32 Å². The summed E-state index contributed by atoms with van der Waals surface area (Å²) in [6, 6.07) is 0. The maximum Gasteiger partial charge on any atom is 0.123 e.